The van der Waals surface area contributed by atoms with Gasteiger partial charge in [0.25, 0.3) is 0 Å². The maximum Gasteiger partial charge on any atom is 0.146 e. The summed E-state index contributed by atoms with van der Waals surface area (Å²) in [6.07, 6.45) is 0. The summed E-state index contributed by atoms with van der Waals surface area (Å²) in [6, 6.07) is 3.09. The average Bonchev–Trinajstić information content (AvgIpc) is 1.84. The van der Waals surface area contributed by atoms with Crippen molar-refractivity contribution in [2.75, 3.05) is 5.73 Å². The summed E-state index contributed by atoms with van der Waals surface area (Å²) in [5.74, 6) is -0.330. The van der Waals surface area contributed by atoms with Gasteiger partial charge in [-0.3, -0.25) is 0 Å². The SMILES string of the molecule is Cc1cc(N)c(F)cc1C. The molecule has 1 rings (SSSR count). The number of nitrogen functional groups attached to an aromatic ring is 1. The lowest BCUT2D eigenvalue weighted by atomic mass is 10.1. The number of rotatable bonds is 0. The second-order valence-electron chi connectivity index (χ2n) is 2.46. The summed E-state index contributed by atoms with van der Waals surface area (Å²) in [7, 11) is 0. The van der Waals surface area contributed by atoms with Crippen LogP contribution in [0.2, 0.25) is 0 Å². The summed E-state index contributed by atoms with van der Waals surface area (Å²) in [6.45, 7) is 3.77. The zero-order valence-corrected chi connectivity index (χ0v) is 6.11. The minimum Gasteiger partial charge on any atom is -0.396 e. The van der Waals surface area contributed by atoms with Gasteiger partial charge in [0.05, 0.1) is 5.69 Å². The van der Waals surface area contributed by atoms with Gasteiger partial charge in [0.15, 0.2) is 0 Å². The van der Waals surface area contributed by atoms with Crippen molar-refractivity contribution in [1.82, 2.24) is 0 Å². The van der Waals surface area contributed by atoms with Gasteiger partial charge in [0.2, 0.25) is 0 Å². The van der Waals surface area contributed by atoms with E-state index in [-0.39, 0.29) is 11.5 Å². The fourth-order valence-corrected chi connectivity index (χ4v) is 0.803. The number of aryl methyl sites for hydroxylation is 2. The smallest absolute Gasteiger partial charge is 0.146 e. The molecule has 1 nitrogen and oxygen atoms in total. The molecule has 1 aromatic carbocycles. The van der Waals surface area contributed by atoms with E-state index >= 15 is 0 Å². The van der Waals surface area contributed by atoms with Gasteiger partial charge < -0.3 is 5.73 Å². The summed E-state index contributed by atoms with van der Waals surface area (Å²) in [5.41, 5.74) is 7.50. The molecule has 0 unspecified atom stereocenters. The summed E-state index contributed by atoms with van der Waals surface area (Å²) in [5, 5.41) is 0. The minimum absolute atomic E-state index is 0.225. The highest BCUT2D eigenvalue weighted by Crippen LogP contribution is 2.15. The molecule has 0 spiro atoms. The number of nitrogens with two attached hydrogens (primary N) is 1. The van der Waals surface area contributed by atoms with Gasteiger partial charge in [-0.05, 0) is 37.1 Å². The van der Waals surface area contributed by atoms with Crippen LogP contribution in [0.1, 0.15) is 11.1 Å². The predicted octanol–water partition coefficient (Wildman–Crippen LogP) is 2.02. The highest BCUT2D eigenvalue weighted by atomic mass is 19.1. The summed E-state index contributed by atoms with van der Waals surface area (Å²) < 4.78 is 12.6. The van der Waals surface area contributed by atoms with Crippen molar-refractivity contribution in [3.8, 4) is 0 Å². The van der Waals surface area contributed by atoms with Crippen molar-refractivity contribution >= 4 is 5.69 Å². The highest BCUT2D eigenvalue weighted by molar-refractivity contribution is 5.45. The van der Waals surface area contributed by atoms with Gasteiger partial charge >= 0.3 is 0 Å². The molecule has 0 heterocycles. The molecule has 0 aliphatic carbocycles. The first-order valence-corrected chi connectivity index (χ1v) is 3.13. The predicted molar refractivity (Wildman–Crippen MR) is 40.3 cm³/mol. The van der Waals surface area contributed by atoms with Crippen LogP contribution in [0.3, 0.4) is 0 Å². The Bertz CT molecular complexity index is 205. The molecule has 0 amide bonds. The van der Waals surface area contributed by atoms with E-state index in [9.17, 15) is 4.39 Å². The second kappa shape index (κ2) is 2.29. The minimum atomic E-state index is -0.330. The quantitative estimate of drug-likeness (QED) is 0.547. The van der Waals surface area contributed by atoms with E-state index in [4.69, 9.17) is 5.73 Å². The number of halogens is 1. The van der Waals surface area contributed by atoms with E-state index in [2.05, 4.69) is 0 Å². The van der Waals surface area contributed by atoms with Crippen LogP contribution >= 0.6 is 0 Å². The van der Waals surface area contributed by atoms with Crippen LogP contribution in [0.5, 0.6) is 0 Å². The number of hydrogen-bond donors (Lipinski definition) is 1. The van der Waals surface area contributed by atoms with Crippen LogP contribution in [-0.2, 0) is 0 Å². The molecule has 2 N–H and O–H groups in total. The van der Waals surface area contributed by atoms with Crippen LogP contribution < -0.4 is 5.73 Å². The third kappa shape index (κ3) is 1.10. The van der Waals surface area contributed by atoms with Crippen molar-refractivity contribution in [1.29, 1.82) is 0 Å². The van der Waals surface area contributed by atoms with E-state index in [0.29, 0.717) is 0 Å². The lowest BCUT2D eigenvalue weighted by Crippen LogP contribution is -1.92. The highest BCUT2D eigenvalue weighted by Gasteiger charge is 1.99. The Morgan fingerprint density at radius 3 is 2.20 bits per heavy atom. The van der Waals surface area contributed by atoms with Gasteiger partial charge in [0.1, 0.15) is 5.82 Å². The molecule has 0 bridgehead atoms. The van der Waals surface area contributed by atoms with Crippen molar-refractivity contribution in [3.63, 3.8) is 0 Å². The lowest BCUT2D eigenvalue weighted by molar-refractivity contribution is 0.631. The normalized spacial score (nSPS) is 9.90. The third-order valence-corrected chi connectivity index (χ3v) is 1.61. The first-order valence-electron chi connectivity index (χ1n) is 3.13. The molecule has 10 heavy (non-hydrogen) atoms. The van der Waals surface area contributed by atoms with E-state index in [1.165, 1.54) is 6.07 Å². The van der Waals surface area contributed by atoms with Gasteiger partial charge in [-0.15, -0.1) is 0 Å². The molecule has 1 aromatic rings. The first kappa shape index (κ1) is 7.06. The third-order valence-electron chi connectivity index (χ3n) is 1.61. The monoisotopic (exact) mass is 139 g/mol. The standard InChI is InChI=1S/C8H10FN/c1-5-3-7(9)8(10)4-6(5)2/h3-4H,10H2,1-2H3. The molecule has 54 valence electrons. The van der Waals surface area contributed by atoms with Crippen LogP contribution in [0.25, 0.3) is 0 Å². The lowest BCUT2D eigenvalue weighted by Gasteiger charge is -2.01. The van der Waals surface area contributed by atoms with E-state index in [1.807, 2.05) is 13.8 Å². The molecule has 0 saturated carbocycles. The van der Waals surface area contributed by atoms with E-state index in [1.54, 1.807) is 6.07 Å². The van der Waals surface area contributed by atoms with Gasteiger partial charge in [-0.25, -0.2) is 4.39 Å². The molecule has 0 aromatic heterocycles. The summed E-state index contributed by atoms with van der Waals surface area (Å²) in [4.78, 5) is 0. The Morgan fingerprint density at radius 1 is 1.20 bits per heavy atom. The van der Waals surface area contributed by atoms with Crippen LogP contribution in [0, 0.1) is 19.7 Å². The molecule has 0 aliphatic heterocycles. The fraction of sp³-hybridized carbons (Fsp3) is 0.250. The molecular formula is C8H10FN. The molecular weight excluding hydrogens is 129 g/mol. The van der Waals surface area contributed by atoms with Crippen molar-refractivity contribution in [2.45, 2.75) is 13.8 Å². The largest absolute Gasteiger partial charge is 0.396 e. The maximum absolute atomic E-state index is 12.6. The van der Waals surface area contributed by atoms with E-state index < -0.39 is 0 Å². The van der Waals surface area contributed by atoms with Crippen molar-refractivity contribution < 1.29 is 4.39 Å². The summed E-state index contributed by atoms with van der Waals surface area (Å²) >= 11 is 0. The van der Waals surface area contributed by atoms with Crippen molar-refractivity contribution in [2.24, 2.45) is 0 Å². The Morgan fingerprint density at radius 2 is 1.70 bits per heavy atom. The van der Waals surface area contributed by atoms with Crippen LogP contribution in [0.15, 0.2) is 12.1 Å². The van der Waals surface area contributed by atoms with E-state index in [0.717, 1.165) is 11.1 Å². The number of anilines is 1. The van der Waals surface area contributed by atoms with Crippen LogP contribution in [0.4, 0.5) is 10.1 Å². The Balaban J connectivity index is 3.28. The fourth-order valence-electron chi connectivity index (χ4n) is 0.803. The van der Waals surface area contributed by atoms with Crippen LogP contribution in [-0.4, -0.2) is 0 Å². The zero-order valence-electron chi connectivity index (χ0n) is 6.11. The van der Waals surface area contributed by atoms with Gasteiger partial charge in [-0.1, -0.05) is 0 Å². The molecule has 0 fully saturated rings. The Hall–Kier alpha value is -1.05. The second-order valence-corrected chi connectivity index (χ2v) is 2.46. The molecule has 0 saturated heterocycles. The topological polar surface area (TPSA) is 26.0 Å². The molecule has 0 aliphatic rings. The number of hydrogen-bond acceptors (Lipinski definition) is 1. The zero-order chi connectivity index (χ0) is 7.72. The molecule has 0 atom stereocenters. The van der Waals surface area contributed by atoms with Crippen molar-refractivity contribution in [3.05, 3.63) is 29.1 Å². The Labute approximate surface area is 59.7 Å². The van der Waals surface area contributed by atoms with Gasteiger partial charge in [0, 0.05) is 0 Å². The van der Waals surface area contributed by atoms with Gasteiger partial charge in [-0.2, -0.15) is 0 Å². The number of benzene rings is 1. The maximum atomic E-state index is 12.6. The molecule has 0 radical (unpaired) electrons. The average molecular weight is 139 g/mol. The Kier molecular flexibility index (Phi) is 1.62. The molecule has 2 heteroatoms. The first-order chi connectivity index (χ1) is 4.61.